The van der Waals surface area contributed by atoms with Gasteiger partial charge in [-0.1, -0.05) is 12.2 Å². The Labute approximate surface area is 74.4 Å². The standard InChI is InChI=1S/C11H16O/c1-9(2)12-11-7-5-4-6-10(3)8-11/h4,6-9H,5H2,1-3H3. The lowest BCUT2D eigenvalue weighted by Crippen LogP contribution is -2.00. The number of allylic oxidation sites excluding steroid dienone is 5. The van der Waals surface area contributed by atoms with Crippen LogP contribution in [0.2, 0.25) is 0 Å². The van der Waals surface area contributed by atoms with E-state index in [1.807, 2.05) is 13.8 Å². The second kappa shape index (κ2) is 4.15. The first-order valence-electron chi connectivity index (χ1n) is 4.40. The van der Waals surface area contributed by atoms with Crippen LogP contribution in [0, 0.1) is 0 Å². The average molecular weight is 164 g/mol. The highest BCUT2D eigenvalue weighted by Gasteiger charge is 1.99. The molecular weight excluding hydrogens is 148 g/mol. The fourth-order valence-electron chi connectivity index (χ4n) is 1.12. The first kappa shape index (κ1) is 9.11. The first-order valence-corrected chi connectivity index (χ1v) is 4.40. The molecule has 0 saturated carbocycles. The fourth-order valence-corrected chi connectivity index (χ4v) is 1.12. The van der Waals surface area contributed by atoms with Gasteiger partial charge in [0.05, 0.1) is 6.10 Å². The minimum atomic E-state index is 0.262. The Hall–Kier alpha value is -0.980. The summed E-state index contributed by atoms with van der Waals surface area (Å²) in [6, 6.07) is 0. The maximum atomic E-state index is 5.59. The minimum absolute atomic E-state index is 0.262. The van der Waals surface area contributed by atoms with E-state index in [1.54, 1.807) is 0 Å². The van der Waals surface area contributed by atoms with Gasteiger partial charge < -0.3 is 4.74 Å². The third-order valence-electron chi connectivity index (χ3n) is 1.58. The molecule has 0 atom stereocenters. The maximum absolute atomic E-state index is 5.59. The van der Waals surface area contributed by atoms with Gasteiger partial charge >= 0.3 is 0 Å². The van der Waals surface area contributed by atoms with Gasteiger partial charge in [0, 0.05) is 0 Å². The summed E-state index contributed by atoms with van der Waals surface area (Å²) in [5, 5.41) is 0. The Morgan fingerprint density at radius 1 is 1.42 bits per heavy atom. The van der Waals surface area contributed by atoms with Gasteiger partial charge in [0.1, 0.15) is 5.76 Å². The topological polar surface area (TPSA) is 9.23 Å². The van der Waals surface area contributed by atoms with Gasteiger partial charge in [-0.25, -0.2) is 0 Å². The predicted molar refractivity (Wildman–Crippen MR) is 51.8 cm³/mol. The monoisotopic (exact) mass is 164 g/mol. The summed E-state index contributed by atoms with van der Waals surface area (Å²) in [4.78, 5) is 0. The minimum Gasteiger partial charge on any atom is -0.491 e. The molecular formula is C11H16O. The first-order chi connectivity index (χ1) is 5.68. The highest BCUT2D eigenvalue weighted by molar-refractivity contribution is 5.29. The number of hydrogen-bond donors (Lipinski definition) is 0. The lowest BCUT2D eigenvalue weighted by Gasteiger charge is -2.10. The molecule has 1 aliphatic carbocycles. The molecule has 0 aromatic heterocycles. The quantitative estimate of drug-likeness (QED) is 0.609. The van der Waals surface area contributed by atoms with Crippen molar-refractivity contribution in [1.82, 2.24) is 0 Å². The molecule has 1 nitrogen and oxygen atoms in total. The largest absolute Gasteiger partial charge is 0.491 e. The molecule has 0 spiro atoms. The molecule has 0 amide bonds. The highest BCUT2D eigenvalue weighted by Crippen LogP contribution is 2.13. The molecule has 1 rings (SSSR count). The molecule has 0 aromatic rings. The molecule has 0 unspecified atom stereocenters. The van der Waals surface area contributed by atoms with E-state index in [0.29, 0.717) is 0 Å². The van der Waals surface area contributed by atoms with Crippen LogP contribution in [0.25, 0.3) is 0 Å². The summed E-state index contributed by atoms with van der Waals surface area (Å²) in [5.41, 5.74) is 1.25. The average Bonchev–Trinajstić information content (AvgIpc) is 2.12. The zero-order valence-electron chi connectivity index (χ0n) is 8.00. The summed E-state index contributed by atoms with van der Waals surface area (Å²) in [5.74, 6) is 0.993. The normalized spacial score (nSPS) is 17.0. The second-order valence-electron chi connectivity index (χ2n) is 3.30. The molecule has 0 aromatic carbocycles. The van der Waals surface area contributed by atoms with Gasteiger partial charge in [0.15, 0.2) is 0 Å². The highest BCUT2D eigenvalue weighted by atomic mass is 16.5. The van der Waals surface area contributed by atoms with Crippen LogP contribution in [0.5, 0.6) is 0 Å². The molecule has 12 heavy (non-hydrogen) atoms. The van der Waals surface area contributed by atoms with Crippen LogP contribution in [0.1, 0.15) is 27.2 Å². The van der Waals surface area contributed by atoms with Gasteiger partial charge in [-0.15, -0.1) is 0 Å². The lowest BCUT2D eigenvalue weighted by molar-refractivity contribution is 0.157. The maximum Gasteiger partial charge on any atom is 0.116 e. The van der Waals surface area contributed by atoms with E-state index in [-0.39, 0.29) is 6.10 Å². The summed E-state index contributed by atoms with van der Waals surface area (Å²) in [6.07, 6.45) is 9.67. The van der Waals surface area contributed by atoms with Crippen molar-refractivity contribution in [3.8, 4) is 0 Å². The van der Waals surface area contributed by atoms with Crippen LogP contribution in [0.3, 0.4) is 0 Å². The van der Waals surface area contributed by atoms with E-state index in [9.17, 15) is 0 Å². The summed E-state index contributed by atoms with van der Waals surface area (Å²) in [7, 11) is 0. The van der Waals surface area contributed by atoms with Gasteiger partial charge in [-0.2, -0.15) is 0 Å². The molecule has 66 valence electrons. The zero-order valence-corrected chi connectivity index (χ0v) is 8.00. The summed E-state index contributed by atoms with van der Waals surface area (Å²) < 4.78 is 5.59. The van der Waals surface area contributed by atoms with E-state index in [2.05, 4.69) is 31.2 Å². The number of hydrogen-bond acceptors (Lipinski definition) is 1. The Morgan fingerprint density at radius 2 is 2.17 bits per heavy atom. The van der Waals surface area contributed by atoms with Gasteiger partial charge in [-0.3, -0.25) is 0 Å². The van der Waals surface area contributed by atoms with Crippen LogP contribution >= 0.6 is 0 Å². The molecule has 0 saturated heterocycles. The third-order valence-corrected chi connectivity index (χ3v) is 1.58. The molecule has 0 fully saturated rings. The van der Waals surface area contributed by atoms with Crippen LogP contribution in [-0.4, -0.2) is 6.10 Å². The van der Waals surface area contributed by atoms with Gasteiger partial charge in [-0.05, 0) is 44.9 Å². The van der Waals surface area contributed by atoms with Crippen molar-refractivity contribution < 1.29 is 4.74 Å². The van der Waals surface area contributed by atoms with Crippen molar-refractivity contribution in [3.05, 3.63) is 35.6 Å². The molecule has 1 heteroatoms. The van der Waals surface area contributed by atoms with E-state index in [4.69, 9.17) is 4.74 Å². The van der Waals surface area contributed by atoms with Crippen molar-refractivity contribution in [2.45, 2.75) is 33.3 Å². The van der Waals surface area contributed by atoms with Crippen LogP contribution in [0.15, 0.2) is 35.6 Å². The molecule has 0 heterocycles. The van der Waals surface area contributed by atoms with Crippen LogP contribution < -0.4 is 0 Å². The van der Waals surface area contributed by atoms with Crippen molar-refractivity contribution in [2.24, 2.45) is 0 Å². The zero-order chi connectivity index (χ0) is 8.97. The molecule has 0 bridgehead atoms. The van der Waals surface area contributed by atoms with E-state index in [1.165, 1.54) is 5.57 Å². The Kier molecular flexibility index (Phi) is 3.15. The Morgan fingerprint density at radius 3 is 2.83 bits per heavy atom. The van der Waals surface area contributed by atoms with Crippen LogP contribution in [0.4, 0.5) is 0 Å². The Balaban J connectivity index is 2.65. The SMILES string of the molecule is CC1=CC(OC(C)C)=CCC=C1. The van der Waals surface area contributed by atoms with E-state index >= 15 is 0 Å². The lowest BCUT2D eigenvalue weighted by atomic mass is 10.2. The van der Waals surface area contributed by atoms with Crippen molar-refractivity contribution >= 4 is 0 Å². The van der Waals surface area contributed by atoms with E-state index in [0.717, 1.165) is 12.2 Å². The summed E-state index contributed by atoms with van der Waals surface area (Å²) in [6.45, 7) is 6.17. The number of ether oxygens (including phenoxy) is 1. The molecule has 0 N–H and O–H groups in total. The van der Waals surface area contributed by atoms with Crippen molar-refractivity contribution in [2.75, 3.05) is 0 Å². The predicted octanol–water partition coefficient (Wildman–Crippen LogP) is 3.20. The van der Waals surface area contributed by atoms with E-state index < -0.39 is 0 Å². The van der Waals surface area contributed by atoms with Crippen LogP contribution in [-0.2, 0) is 4.74 Å². The molecule has 0 aliphatic heterocycles. The Bertz CT molecular complexity index is 231. The number of rotatable bonds is 2. The van der Waals surface area contributed by atoms with Crippen molar-refractivity contribution in [3.63, 3.8) is 0 Å². The molecule has 0 radical (unpaired) electrons. The van der Waals surface area contributed by atoms with Gasteiger partial charge in [0.25, 0.3) is 0 Å². The fraction of sp³-hybridized carbons (Fsp3) is 0.455. The molecule has 1 aliphatic rings. The third kappa shape index (κ3) is 2.95. The van der Waals surface area contributed by atoms with Gasteiger partial charge in [0.2, 0.25) is 0 Å². The van der Waals surface area contributed by atoms with Crippen molar-refractivity contribution in [1.29, 1.82) is 0 Å². The summed E-state index contributed by atoms with van der Waals surface area (Å²) >= 11 is 0. The second-order valence-corrected chi connectivity index (χ2v) is 3.30. The smallest absolute Gasteiger partial charge is 0.116 e.